The van der Waals surface area contributed by atoms with Crippen molar-refractivity contribution in [3.63, 3.8) is 0 Å². The van der Waals surface area contributed by atoms with Crippen molar-refractivity contribution in [1.82, 2.24) is 4.98 Å². The van der Waals surface area contributed by atoms with Gasteiger partial charge in [-0.25, -0.2) is 0 Å². The van der Waals surface area contributed by atoms with Gasteiger partial charge in [-0.1, -0.05) is 6.07 Å². The number of nitrogens with two attached hydrogens (primary N) is 1. The SMILES string of the molecule is Cc1cncc(C(N)COC(C)(C)C)c1. The number of aromatic nitrogens is 1. The Morgan fingerprint density at radius 1 is 1.40 bits per heavy atom. The summed E-state index contributed by atoms with van der Waals surface area (Å²) in [6.45, 7) is 8.60. The van der Waals surface area contributed by atoms with E-state index in [1.807, 2.05) is 40.0 Å². The Balaban J connectivity index is 2.58. The molecule has 1 heterocycles. The topological polar surface area (TPSA) is 48.1 Å². The zero-order chi connectivity index (χ0) is 11.5. The van der Waals surface area contributed by atoms with Crippen LogP contribution < -0.4 is 5.73 Å². The molecule has 3 heteroatoms. The van der Waals surface area contributed by atoms with Gasteiger partial charge in [0.2, 0.25) is 0 Å². The minimum atomic E-state index is -0.144. The zero-order valence-corrected chi connectivity index (χ0v) is 9.95. The molecule has 0 bridgehead atoms. The summed E-state index contributed by atoms with van der Waals surface area (Å²) < 4.78 is 5.63. The molecule has 2 N–H and O–H groups in total. The first kappa shape index (κ1) is 12.1. The molecule has 1 rings (SSSR count). The molecule has 1 atom stereocenters. The van der Waals surface area contributed by atoms with Crippen molar-refractivity contribution in [2.45, 2.75) is 39.3 Å². The van der Waals surface area contributed by atoms with Crippen LogP contribution in [0, 0.1) is 6.92 Å². The third kappa shape index (κ3) is 4.40. The fraction of sp³-hybridized carbons (Fsp3) is 0.583. The zero-order valence-electron chi connectivity index (χ0n) is 9.95. The Hall–Kier alpha value is -0.930. The Morgan fingerprint density at radius 2 is 2.07 bits per heavy atom. The highest BCUT2D eigenvalue weighted by atomic mass is 16.5. The molecule has 1 aromatic rings. The average Bonchev–Trinajstić information content (AvgIpc) is 2.13. The quantitative estimate of drug-likeness (QED) is 0.828. The van der Waals surface area contributed by atoms with E-state index in [1.54, 1.807) is 6.20 Å². The van der Waals surface area contributed by atoms with Crippen LogP contribution in [0.2, 0.25) is 0 Å². The van der Waals surface area contributed by atoms with Gasteiger partial charge in [-0.15, -0.1) is 0 Å². The van der Waals surface area contributed by atoms with Gasteiger partial charge in [-0.2, -0.15) is 0 Å². The van der Waals surface area contributed by atoms with Crippen LogP contribution in [0.25, 0.3) is 0 Å². The number of ether oxygens (including phenoxy) is 1. The van der Waals surface area contributed by atoms with E-state index in [4.69, 9.17) is 10.5 Å². The van der Waals surface area contributed by atoms with Crippen molar-refractivity contribution >= 4 is 0 Å². The molecule has 0 aromatic carbocycles. The molecule has 1 aromatic heterocycles. The Kier molecular flexibility index (Phi) is 3.83. The molecule has 0 spiro atoms. The van der Waals surface area contributed by atoms with E-state index in [9.17, 15) is 0 Å². The number of pyridine rings is 1. The van der Waals surface area contributed by atoms with Gasteiger partial charge in [-0.3, -0.25) is 4.98 Å². The maximum atomic E-state index is 6.01. The van der Waals surface area contributed by atoms with Gasteiger partial charge >= 0.3 is 0 Å². The Morgan fingerprint density at radius 3 is 2.60 bits per heavy atom. The van der Waals surface area contributed by atoms with Crippen LogP contribution in [0.4, 0.5) is 0 Å². The smallest absolute Gasteiger partial charge is 0.0667 e. The lowest BCUT2D eigenvalue weighted by Crippen LogP contribution is -2.26. The molecule has 0 aliphatic heterocycles. The molecular weight excluding hydrogens is 188 g/mol. The molecule has 1 unspecified atom stereocenters. The summed E-state index contributed by atoms with van der Waals surface area (Å²) in [6, 6.07) is 1.94. The fourth-order valence-electron chi connectivity index (χ4n) is 1.22. The highest BCUT2D eigenvalue weighted by molar-refractivity contribution is 5.19. The fourth-order valence-corrected chi connectivity index (χ4v) is 1.22. The van der Waals surface area contributed by atoms with Crippen molar-refractivity contribution in [3.8, 4) is 0 Å². The molecule has 0 saturated heterocycles. The average molecular weight is 208 g/mol. The molecule has 84 valence electrons. The van der Waals surface area contributed by atoms with Gasteiger partial charge in [0.25, 0.3) is 0 Å². The lowest BCUT2D eigenvalue weighted by atomic mass is 10.1. The van der Waals surface area contributed by atoms with Crippen LogP contribution in [0.5, 0.6) is 0 Å². The van der Waals surface area contributed by atoms with E-state index in [-0.39, 0.29) is 11.6 Å². The predicted molar refractivity (Wildman–Crippen MR) is 61.6 cm³/mol. The molecule has 0 aliphatic rings. The number of hydrogen-bond donors (Lipinski definition) is 1. The Bertz CT molecular complexity index is 318. The summed E-state index contributed by atoms with van der Waals surface area (Å²) in [6.07, 6.45) is 3.62. The first-order valence-corrected chi connectivity index (χ1v) is 5.19. The van der Waals surface area contributed by atoms with Crippen LogP contribution in [0.15, 0.2) is 18.5 Å². The molecule has 0 fully saturated rings. The van der Waals surface area contributed by atoms with Gasteiger partial charge in [0, 0.05) is 12.4 Å². The van der Waals surface area contributed by atoms with Gasteiger partial charge in [-0.05, 0) is 38.8 Å². The molecule has 0 radical (unpaired) electrons. The minimum absolute atomic E-state index is 0.100. The van der Waals surface area contributed by atoms with E-state index in [2.05, 4.69) is 4.98 Å². The molecule has 15 heavy (non-hydrogen) atoms. The predicted octanol–water partition coefficient (Wildman–Crippen LogP) is 2.20. The molecule has 0 amide bonds. The Labute approximate surface area is 91.7 Å². The summed E-state index contributed by atoms with van der Waals surface area (Å²) >= 11 is 0. The second kappa shape index (κ2) is 4.73. The molecular formula is C12H20N2O. The van der Waals surface area contributed by atoms with Crippen molar-refractivity contribution < 1.29 is 4.74 Å². The van der Waals surface area contributed by atoms with E-state index < -0.39 is 0 Å². The number of hydrogen-bond acceptors (Lipinski definition) is 3. The van der Waals surface area contributed by atoms with E-state index in [0.717, 1.165) is 11.1 Å². The standard InChI is InChI=1S/C12H20N2O/c1-9-5-10(7-14-6-9)11(13)8-15-12(2,3)4/h5-7,11H,8,13H2,1-4H3. The van der Waals surface area contributed by atoms with Crippen LogP contribution in [-0.2, 0) is 4.74 Å². The summed E-state index contributed by atoms with van der Waals surface area (Å²) in [5.74, 6) is 0. The van der Waals surface area contributed by atoms with Gasteiger partial charge in [0.1, 0.15) is 0 Å². The number of aryl methyl sites for hydroxylation is 1. The lowest BCUT2D eigenvalue weighted by molar-refractivity contribution is -0.0102. The van der Waals surface area contributed by atoms with Crippen molar-refractivity contribution in [2.75, 3.05) is 6.61 Å². The maximum absolute atomic E-state index is 6.01. The second-order valence-electron chi connectivity index (χ2n) is 4.83. The van der Waals surface area contributed by atoms with Crippen molar-refractivity contribution in [1.29, 1.82) is 0 Å². The van der Waals surface area contributed by atoms with Gasteiger partial charge in [0.05, 0.1) is 18.2 Å². The highest BCUT2D eigenvalue weighted by Gasteiger charge is 2.14. The van der Waals surface area contributed by atoms with Crippen molar-refractivity contribution in [2.24, 2.45) is 5.73 Å². The summed E-state index contributed by atoms with van der Waals surface area (Å²) in [7, 11) is 0. The largest absolute Gasteiger partial charge is 0.374 e. The first-order valence-electron chi connectivity index (χ1n) is 5.19. The van der Waals surface area contributed by atoms with Crippen LogP contribution in [-0.4, -0.2) is 17.2 Å². The molecule has 3 nitrogen and oxygen atoms in total. The van der Waals surface area contributed by atoms with Crippen LogP contribution >= 0.6 is 0 Å². The van der Waals surface area contributed by atoms with E-state index >= 15 is 0 Å². The summed E-state index contributed by atoms with van der Waals surface area (Å²) in [5, 5.41) is 0. The van der Waals surface area contributed by atoms with Crippen LogP contribution in [0.3, 0.4) is 0 Å². The van der Waals surface area contributed by atoms with E-state index in [1.165, 1.54) is 0 Å². The molecule has 0 aliphatic carbocycles. The number of rotatable bonds is 3. The number of nitrogens with zero attached hydrogens (tertiary/aromatic N) is 1. The first-order chi connectivity index (χ1) is 6.88. The van der Waals surface area contributed by atoms with Crippen LogP contribution in [0.1, 0.15) is 37.9 Å². The summed E-state index contributed by atoms with van der Waals surface area (Å²) in [4.78, 5) is 4.11. The third-order valence-electron chi connectivity index (χ3n) is 2.02. The monoisotopic (exact) mass is 208 g/mol. The normalized spacial score (nSPS) is 13.9. The van der Waals surface area contributed by atoms with Crippen molar-refractivity contribution in [3.05, 3.63) is 29.6 Å². The lowest BCUT2D eigenvalue weighted by Gasteiger charge is -2.22. The second-order valence-corrected chi connectivity index (χ2v) is 4.83. The maximum Gasteiger partial charge on any atom is 0.0667 e. The molecule has 0 saturated carbocycles. The van der Waals surface area contributed by atoms with Gasteiger partial charge in [0.15, 0.2) is 0 Å². The minimum Gasteiger partial charge on any atom is -0.374 e. The highest BCUT2D eigenvalue weighted by Crippen LogP contribution is 2.14. The third-order valence-corrected chi connectivity index (χ3v) is 2.02. The van der Waals surface area contributed by atoms with Gasteiger partial charge < -0.3 is 10.5 Å². The van der Waals surface area contributed by atoms with E-state index in [0.29, 0.717) is 6.61 Å². The summed E-state index contributed by atoms with van der Waals surface area (Å²) in [5.41, 5.74) is 8.01.